The van der Waals surface area contributed by atoms with Crippen LogP contribution in [0.3, 0.4) is 0 Å². The van der Waals surface area contributed by atoms with E-state index in [1.54, 1.807) is 11.8 Å². The minimum atomic E-state index is 0.605. The number of aryl methyl sites for hydroxylation is 1. The van der Waals surface area contributed by atoms with Crippen molar-refractivity contribution in [2.24, 2.45) is 4.99 Å². The fourth-order valence-corrected chi connectivity index (χ4v) is 6.42. The molecule has 0 aromatic heterocycles. The molecule has 1 aliphatic carbocycles. The molecule has 0 unspecified atom stereocenters. The summed E-state index contributed by atoms with van der Waals surface area (Å²) in [6.45, 7) is 0. The number of fused-ring (bicyclic) bond motifs is 1. The Balaban J connectivity index is 1.59. The van der Waals surface area contributed by atoms with Crippen molar-refractivity contribution >= 4 is 71.8 Å². The zero-order valence-electron chi connectivity index (χ0n) is 19.4. The molecule has 0 heterocycles. The van der Waals surface area contributed by atoms with Crippen LogP contribution in [0.4, 0.5) is 5.69 Å². The predicted octanol–water partition coefficient (Wildman–Crippen LogP) is 8.12. The van der Waals surface area contributed by atoms with E-state index in [-0.39, 0.29) is 0 Å². The maximum Gasteiger partial charge on any atom is 0.101 e. The number of benzene rings is 3. The van der Waals surface area contributed by atoms with Crippen molar-refractivity contribution < 1.29 is 0 Å². The normalized spacial score (nSPS) is 11.9. The summed E-state index contributed by atoms with van der Waals surface area (Å²) in [5, 5.41) is 2.36. The van der Waals surface area contributed by atoms with Crippen LogP contribution in [0.5, 0.6) is 0 Å². The van der Waals surface area contributed by atoms with Gasteiger partial charge >= 0.3 is 0 Å². The van der Waals surface area contributed by atoms with Crippen molar-refractivity contribution in [1.29, 1.82) is 0 Å². The lowest BCUT2D eigenvalue weighted by molar-refractivity contribution is 0.672. The third-order valence-corrected chi connectivity index (χ3v) is 8.18. The largest absolute Gasteiger partial charge is 0.192 e. The summed E-state index contributed by atoms with van der Waals surface area (Å²) in [7, 11) is 0. The molecule has 35 heavy (non-hydrogen) atoms. The van der Waals surface area contributed by atoms with Gasteiger partial charge in [-0.2, -0.15) is 4.99 Å². The van der Waals surface area contributed by atoms with Crippen molar-refractivity contribution in [2.45, 2.75) is 45.3 Å². The van der Waals surface area contributed by atoms with Gasteiger partial charge in [0.25, 0.3) is 0 Å². The number of hydrogen-bond donors (Lipinski definition) is 2. The Hall–Kier alpha value is -2.02. The van der Waals surface area contributed by atoms with Gasteiger partial charge in [0.05, 0.1) is 10.7 Å². The fourth-order valence-electron chi connectivity index (χ4n) is 4.10. The van der Waals surface area contributed by atoms with E-state index >= 15 is 0 Å². The van der Waals surface area contributed by atoms with Crippen LogP contribution in [0.15, 0.2) is 67.0 Å². The minimum absolute atomic E-state index is 0.605. The van der Waals surface area contributed by atoms with Gasteiger partial charge in [-0.25, -0.2) is 0 Å². The number of thiocarbonyl (C=S) groups is 1. The summed E-state index contributed by atoms with van der Waals surface area (Å²) >= 11 is 17.2. The molecule has 0 atom stereocenters. The highest BCUT2D eigenvalue weighted by molar-refractivity contribution is 7.99. The Morgan fingerprint density at radius 3 is 2.00 bits per heavy atom. The van der Waals surface area contributed by atoms with Crippen LogP contribution < -0.4 is 0 Å². The monoisotopic (exact) mass is 545 g/mol. The SMILES string of the molecule is CSc1cc2c(c(SC)c1C#Cc1ccc(C#Cc3cc(S)c(N=C=S)c(S)c3)cc1)CCCC2. The van der Waals surface area contributed by atoms with Gasteiger partial charge < -0.3 is 0 Å². The number of isothiocyanates is 1. The average Bonchev–Trinajstić information content (AvgIpc) is 2.88. The zero-order chi connectivity index (χ0) is 24.8. The molecule has 6 heteroatoms. The molecule has 0 N–H and O–H groups in total. The molecular formula is C29H23NS5. The lowest BCUT2D eigenvalue weighted by Gasteiger charge is -2.21. The van der Waals surface area contributed by atoms with Crippen LogP contribution in [0, 0.1) is 23.7 Å². The van der Waals surface area contributed by atoms with E-state index in [0.717, 1.165) is 23.1 Å². The lowest BCUT2D eigenvalue weighted by atomic mass is 9.90. The molecule has 0 radical (unpaired) electrons. The molecule has 0 saturated carbocycles. The fraction of sp³-hybridized carbons (Fsp3) is 0.207. The number of nitrogens with zero attached hydrogens (tertiary/aromatic N) is 1. The maximum absolute atomic E-state index is 4.68. The summed E-state index contributed by atoms with van der Waals surface area (Å²) in [5.74, 6) is 13.2. The highest BCUT2D eigenvalue weighted by Crippen LogP contribution is 2.38. The third-order valence-electron chi connectivity index (χ3n) is 5.78. The minimum Gasteiger partial charge on any atom is -0.192 e. The van der Waals surface area contributed by atoms with E-state index in [0.29, 0.717) is 15.5 Å². The first-order chi connectivity index (χ1) is 17.0. The molecule has 0 bridgehead atoms. The number of thioether (sulfide) groups is 2. The van der Waals surface area contributed by atoms with E-state index in [1.807, 2.05) is 48.2 Å². The number of aliphatic imine (C=N–C) groups is 1. The Morgan fingerprint density at radius 1 is 0.800 bits per heavy atom. The second-order valence-corrected chi connectivity index (χ2v) is 10.8. The number of thiol groups is 2. The van der Waals surface area contributed by atoms with Gasteiger partial charge in [-0.3, -0.25) is 0 Å². The third kappa shape index (κ3) is 6.22. The molecule has 0 saturated heterocycles. The summed E-state index contributed by atoms with van der Waals surface area (Å²) in [4.78, 5) is 7.98. The van der Waals surface area contributed by atoms with Crippen molar-refractivity contribution in [3.05, 3.63) is 75.8 Å². The average molecular weight is 546 g/mol. The van der Waals surface area contributed by atoms with E-state index in [2.05, 4.69) is 89.9 Å². The zero-order valence-corrected chi connectivity index (χ0v) is 23.7. The highest BCUT2D eigenvalue weighted by atomic mass is 32.2. The molecule has 1 nitrogen and oxygen atoms in total. The van der Waals surface area contributed by atoms with Gasteiger partial charge in [-0.05, 0) is 104 Å². The highest BCUT2D eigenvalue weighted by Gasteiger charge is 2.18. The molecule has 3 aromatic rings. The van der Waals surface area contributed by atoms with E-state index in [1.165, 1.54) is 45.7 Å². The molecular weight excluding hydrogens is 523 g/mol. The van der Waals surface area contributed by atoms with Crippen LogP contribution in [-0.4, -0.2) is 17.7 Å². The first kappa shape index (κ1) is 26.1. The van der Waals surface area contributed by atoms with Crippen LogP contribution in [0.1, 0.15) is 46.2 Å². The van der Waals surface area contributed by atoms with E-state index < -0.39 is 0 Å². The Bertz CT molecular complexity index is 1420. The number of hydrogen-bond acceptors (Lipinski definition) is 6. The molecule has 1 aliphatic rings. The van der Waals surface area contributed by atoms with Gasteiger partial charge in [0.15, 0.2) is 0 Å². The summed E-state index contributed by atoms with van der Waals surface area (Å²) in [6, 6.07) is 14.1. The second kappa shape index (κ2) is 12.3. The molecule has 0 amide bonds. The van der Waals surface area contributed by atoms with Gasteiger partial charge in [0, 0.05) is 36.3 Å². The lowest BCUT2D eigenvalue weighted by Crippen LogP contribution is -2.06. The van der Waals surface area contributed by atoms with Crippen molar-refractivity contribution in [3.8, 4) is 23.7 Å². The molecule has 0 spiro atoms. The summed E-state index contributed by atoms with van der Waals surface area (Å²) < 4.78 is 0. The van der Waals surface area contributed by atoms with Crippen molar-refractivity contribution in [2.75, 3.05) is 12.5 Å². The van der Waals surface area contributed by atoms with Crippen molar-refractivity contribution in [3.63, 3.8) is 0 Å². The van der Waals surface area contributed by atoms with Crippen LogP contribution in [0.2, 0.25) is 0 Å². The predicted molar refractivity (Wildman–Crippen MR) is 161 cm³/mol. The topological polar surface area (TPSA) is 12.4 Å². The Morgan fingerprint density at radius 2 is 1.40 bits per heavy atom. The maximum atomic E-state index is 4.68. The number of rotatable bonds is 3. The van der Waals surface area contributed by atoms with Gasteiger partial charge in [0.1, 0.15) is 5.69 Å². The second-order valence-electron chi connectivity index (χ2n) is 7.98. The van der Waals surface area contributed by atoms with Crippen LogP contribution in [0.25, 0.3) is 0 Å². The standard InChI is InChI=1S/C29H23NS5/c1-34-27-17-22-5-3-4-6-23(22)29(35-2)24(27)14-13-20-9-7-19(8-10-20)11-12-21-15-25(32)28(30-18-31)26(33)16-21/h7-10,15-17,32-33H,3-6H2,1-2H3. The first-order valence-electron chi connectivity index (χ1n) is 11.1. The molecule has 3 aromatic carbocycles. The molecule has 174 valence electrons. The van der Waals surface area contributed by atoms with E-state index in [9.17, 15) is 0 Å². The Labute approximate surface area is 232 Å². The first-order valence-corrected chi connectivity index (χ1v) is 14.8. The smallest absolute Gasteiger partial charge is 0.101 e. The van der Waals surface area contributed by atoms with Gasteiger partial charge in [0.2, 0.25) is 0 Å². The molecule has 0 aliphatic heterocycles. The molecule has 4 rings (SSSR count). The summed E-state index contributed by atoms with van der Waals surface area (Å²) in [6.07, 6.45) is 9.20. The Kier molecular flexibility index (Phi) is 9.15. The van der Waals surface area contributed by atoms with Gasteiger partial charge in [-0.1, -0.05) is 23.7 Å². The molecule has 0 fully saturated rings. The van der Waals surface area contributed by atoms with E-state index in [4.69, 9.17) is 0 Å². The van der Waals surface area contributed by atoms with Crippen molar-refractivity contribution in [1.82, 2.24) is 0 Å². The quantitative estimate of drug-likeness (QED) is 0.113. The van der Waals surface area contributed by atoms with Crippen LogP contribution in [-0.2, 0) is 12.8 Å². The van der Waals surface area contributed by atoms with Gasteiger partial charge in [-0.15, -0.1) is 48.8 Å². The summed E-state index contributed by atoms with van der Waals surface area (Å²) in [5.41, 5.74) is 7.50. The van der Waals surface area contributed by atoms with Crippen LogP contribution >= 0.6 is 61.0 Å².